The molecule has 4 nitrogen and oxygen atoms in total. The van der Waals surface area contributed by atoms with Crippen LogP contribution < -0.4 is 0 Å². The fourth-order valence-electron chi connectivity index (χ4n) is 1.36. The van der Waals surface area contributed by atoms with Gasteiger partial charge in [0.2, 0.25) is 0 Å². The van der Waals surface area contributed by atoms with Gasteiger partial charge in [-0.1, -0.05) is 27.7 Å². The lowest BCUT2D eigenvalue weighted by Gasteiger charge is -2.36. The number of carboxylic acid groups (broad SMARTS) is 1. The van der Waals surface area contributed by atoms with Gasteiger partial charge in [0.15, 0.2) is 8.32 Å². The van der Waals surface area contributed by atoms with Crippen molar-refractivity contribution in [2.75, 3.05) is 6.61 Å². The highest BCUT2D eigenvalue weighted by Crippen LogP contribution is 2.36. The third-order valence-electron chi connectivity index (χ3n) is 3.84. The first-order valence-electron chi connectivity index (χ1n) is 6.56. The van der Waals surface area contributed by atoms with Gasteiger partial charge in [-0.15, -0.1) is 0 Å². The lowest BCUT2D eigenvalue weighted by Crippen LogP contribution is -2.43. The van der Waals surface area contributed by atoms with E-state index >= 15 is 0 Å². The van der Waals surface area contributed by atoms with Crippen LogP contribution in [-0.4, -0.2) is 37.2 Å². The molecule has 108 valence electrons. The van der Waals surface area contributed by atoms with Crippen LogP contribution in [0.2, 0.25) is 18.1 Å². The topological polar surface area (TPSA) is 66.8 Å². The van der Waals surface area contributed by atoms with E-state index in [1.807, 2.05) is 6.92 Å². The van der Waals surface area contributed by atoms with E-state index < -0.39 is 26.3 Å². The Morgan fingerprint density at radius 2 is 1.83 bits per heavy atom. The Balaban J connectivity index is 4.27. The van der Waals surface area contributed by atoms with Crippen molar-refractivity contribution in [2.45, 2.75) is 64.8 Å². The molecule has 0 rings (SSSR count). The molecular formula is C13H28O4Si. The molecule has 2 unspecified atom stereocenters. The molecule has 0 aliphatic carbocycles. The van der Waals surface area contributed by atoms with Gasteiger partial charge in [0.1, 0.15) is 0 Å². The minimum Gasteiger partial charge on any atom is -0.481 e. The van der Waals surface area contributed by atoms with Crippen LogP contribution in [0.4, 0.5) is 0 Å². The van der Waals surface area contributed by atoms with Crippen molar-refractivity contribution in [2.24, 2.45) is 5.92 Å². The summed E-state index contributed by atoms with van der Waals surface area (Å²) in [7, 11) is -1.86. The minimum atomic E-state index is -1.86. The van der Waals surface area contributed by atoms with Crippen LogP contribution in [0.25, 0.3) is 0 Å². The Kier molecular flexibility index (Phi) is 6.53. The van der Waals surface area contributed by atoms with Crippen molar-refractivity contribution in [3.8, 4) is 0 Å². The zero-order chi connectivity index (χ0) is 14.6. The van der Waals surface area contributed by atoms with Gasteiger partial charge in [-0.05, 0) is 31.0 Å². The summed E-state index contributed by atoms with van der Waals surface area (Å²) in [6.07, 6.45) is 0.104. The van der Waals surface area contributed by atoms with Gasteiger partial charge >= 0.3 is 5.97 Å². The fourth-order valence-corrected chi connectivity index (χ4v) is 2.40. The van der Waals surface area contributed by atoms with E-state index in [2.05, 4.69) is 33.9 Å². The normalized spacial score (nSPS) is 16.4. The second-order valence-corrected chi connectivity index (χ2v) is 11.2. The van der Waals surface area contributed by atoms with Crippen molar-refractivity contribution in [1.82, 2.24) is 0 Å². The van der Waals surface area contributed by atoms with E-state index in [0.29, 0.717) is 6.42 Å². The van der Waals surface area contributed by atoms with E-state index in [1.165, 1.54) is 0 Å². The van der Waals surface area contributed by atoms with Crippen LogP contribution >= 0.6 is 0 Å². The summed E-state index contributed by atoms with van der Waals surface area (Å²) < 4.78 is 5.88. The first-order chi connectivity index (χ1) is 8.01. The third kappa shape index (κ3) is 5.50. The summed E-state index contributed by atoms with van der Waals surface area (Å²) in [5, 5.41) is 18.9. The maximum absolute atomic E-state index is 10.9. The number of aliphatic hydroxyl groups excluding tert-OH is 1. The minimum absolute atomic E-state index is 0.101. The molecule has 0 aliphatic heterocycles. The largest absolute Gasteiger partial charge is 0.481 e. The molecule has 0 aromatic heterocycles. The van der Waals surface area contributed by atoms with Crippen LogP contribution in [-0.2, 0) is 9.22 Å². The third-order valence-corrected chi connectivity index (χ3v) is 8.34. The predicted molar refractivity (Wildman–Crippen MR) is 75.2 cm³/mol. The standard InChI is InChI=1S/C13H28O4Si/c1-7-10(12(15)16)8-11(14)9-17-18(5,6)13(2,3)4/h10-11,14H,7-9H2,1-6H3,(H,15,16). The molecule has 0 radical (unpaired) electrons. The quantitative estimate of drug-likeness (QED) is 0.702. The second-order valence-electron chi connectivity index (χ2n) is 6.40. The SMILES string of the molecule is CCC(CC(O)CO[Si](C)(C)C(C)(C)C)C(=O)O. The summed E-state index contributed by atoms with van der Waals surface area (Å²) >= 11 is 0. The fraction of sp³-hybridized carbons (Fsp3) is 0.923. The highest BCUT2D eigenvalue weighted by molar-refractivity contribution is 6.74. The molecule has 2 atom stereocenters. The smallest absolute Gasteiger partial charge is 0.306 e. The molecule has 0 bridgehead atoms. The molecule has 0 heterocycles. The molecule has 0 saturated heterocycles. The first-order valence-corrected chi connectivity index (χ1v) is 9.47. The number of rotatable bonds is 7. The number of carbonyl (C=O) groups is 1. The second kappa shape index (κ2) is 6.68. The number of hydrogen-bond acceptors (Lipinski definition) is 3. The molecule has 2 N–H and O–H groups in total. The summed E-state index contributed by atoms with van der Waals surface area (Å²) in [6.45, 7) is 12.7. The van der Waals surface area contributed by atoms with Gasteiger partial charge in [0.05, 0.1) is 18.6 Å². The van der Waals surface area contributed by atoms with E-state index in [0.717, 1.165) is 0 Å². The van der Waals surface area contributed by atoms with Gasteiger partial charge in [-0.2, -0.15) is 0 Å². The van der Waals surface area contributed by atoms with E-state index in [-0.39, 0.29) is 18.1 Å². The van der Waals surface area contributed by atoms with Gasteiger partial charge < -0.3 is 14.6 Å². The zero-order valence-corrected chi connectivity index (χ0v) is 13.5. The highest BCUT2D eigenvalue weighted by atomic mass is 28.4. The van der Waals surface area contributed by atoms with E-state index in [1.54, 1.807) is 0 Å². The van der Waals surface area contributed by atoms with E-state index in [9.17, 15) is 9.90 Å². The van der Waals surface area contributed by atoms with Crippen molar-refractivity contribution in [3.05, 3.63) is 0 Å². The Morgan fingerprint density at radius 1 is 1.33 bits per heavy atom. The Hall–Kier alpha value is -0.393. The molecule has 18 heavy (non-hydrogen) atoms. The summed E-state index contributed by atoms with van der Waals surface area (Å²) in [5.74, 6) is -1.33. The Bertz CT molecular complexity index is 271. The molecule has 0 aromatic carbocycles. The molecule has 0 saturated carbocycles. The Labute approximate surface area is 111 Å². The van der Waals surface area contributed by atoms with Crippen molar-refractivity contribution >= 4 is 14.3 Å². The molecule has 0 amide bonds. The number of carboxylic acids is 1. The summed E-state index contributed by atoms with van der Waals surface area (Å²) in [6, 6.07) is 0. The average molecular weight is 276 g/mol. The summed E-state index contributed by atoms with van der Waals surface area (Å²) in [4.78, 5) is 10.9. The van der Waals surface area contributed by atoms with Gasteiger partial charge in [0, 0.05) is 0 Å². The van der Waals surface area contributed by atoms with Crippen molar-refractivity contribution < 1.29 is 19.4 Å². The maximum Gasteiger partial charge on any atom is 0.306 e. The van der Waals surface area contributed by atoms with Crippen LogP contribution in [0.15, 0.2) is 0 Å². The molecule has 0 spiro atoms. The van der Waals surface area contributed by atoms with Crippen LogP contribution in [0.5, 0.6) is 0 Å². The zero-order valence-electron chi connectivity index (χ0n) is 12.5. The van der Waals surface area contributed by atoms with Crippen LogP contribution in [0.1, 0.15) is 40.5 Å². The molecular weight excluding hydrogens is 248 g/mol. The maximum atomic E-state index is 10.9. The van der Waals surface area contributed by atoms with Crippen molar-refractivity contribution in [1.29, 1.82) is 0 Å². The Morgan fingerprint density at radius 3 is 2.17 bits per heavy atom. The van der Waals surface area contributed by atoms with Crippen LogP contribution in [0, 0.1) is 5.92 Å². The molecule has 0 fully saturated rings. The lowest BCUT2D eigenvalue weighted by atomic mass is 9.99. The summed E-state index contributed by atoms with van der Waals surface area (Å²) in [5.41, 5.74) is 0. The molecule has 5 heteroatoms. The number of aliphatic hydroxyl groups is 1. The first kappa shape index (κ1) is 17.6. The molecule has 0 aliphatic rings. The predicted octanol–water partition coefficient (Wildman–Crippen LogP) is 2.87. The number of aliphatic carboxylic acids is 1. The van der Waals surface area contributed by atoms with Crippen molar-refractivity contribution in [3.63, 3.8) is 0 Å². The average Bonchev–Trinajstić information content (AvgIpc) is 2.21. The van der Waals surface area contributed by atoms with Gasteiger partial charge in [-0.3, -0.25) is 4.79 Å². The van der Waals surface area contributed by atoms with Gasteiger partial charge in [0.25, 0.3) is 0 Å². The monoisotopic (exact) mass is 276 g/mol. The number of hydrogen-bond donors (Lipinski definition) is 2. The van der Waals surface area contributed by atoms with E-state index in [4.69, 9.17) is 9.53 Å². The lowest BCUT2D eigenvalue weighted by molar-refractivity contribution is -0.143. The highest BCUT2D eigenvalue weighted by Gasteiger charge is 2.37. The molecule has 0 aromatic rings. The van der Waals surface area contributed by atoms with Crippen LogP contribution in [0.3, 0.4) is 0 Å². The van der Waals surface area contributed by atoms with Gasteiger partial charge in [-0.25, -0.2) is 0 Å².